The van der Waals surface area contributed by atoms with E-state index >= 15 is 0 Å². The number of benzene rings is 1. The van der Waals surface area contributed by atoms with E-state index in [1.165, 1.54) is 6.07 Å². The van der Waals surface area contributed by atoms with Crippen LogP contribution in [0.2, 0.25) is 0 Å². The van der Waals surface area contributed by atoms with Gasteiger partial charge in [-0.25, -0.2) is 8.78 Å². The van der Waals surface area contributed by atoms with Crippen LogP contribution in [0.3, 0.4) is 0 Å². The average Bonchev–Trinajstić information content (AvgIpc) is 2.35. The van der Waals surface area contributed by atoms with E-state index in [-0.39, 0.29) is 17.4 Å². The van der Waals surface area contributed by atoms with Crippen molar-refractivity contribution in [2.24, 2.45) is 0 Å². The van der Waals surface area contributed by atoms with E-state index in [4.69, 9.17) is 5.11 Å². The van der Waals surface area contributed by atoms with E-state index < -0.39 is 24.7 Å². The lowest BCUT2D eigenvalue weighted by Crippen LogP contribution is -2.18. The maximum Gasteiger partial charge on any atom is 0.303 e. The van der Waals surface area contributed by atoms with Gasteiger partial charge in [-0.15, -0.1) is 0 Å². The molecule has 0 saturated carbocycles. The standard InChI is InChI=1S/C16H22F2O2/c1-10(2)12-5-6-14(13(9-12)11(3)4)16(17,18)8-7-15(19)20/h5-6,9-11H,7-8H2,1-4H3,(H,19,20). The zero-order valence-electron chi connectivity index (χ0n) is 12.4. The SMILES string of the molecule is CC(C)c1ccc(C(F)(F)CCC(=O)O)c(C(C)C)c1. The Morgan fingerprint density at radius 1 is 1.20 bits per heavy atom. The molecule has 4 heteroatoms. The summed E-state index contributed by atoms with van der Waals surface area (Å²) in [6, 6.07) is 4.98. The van der Waals surface area contributed by atoms with Gasteiger partial charge in [-0.2, -0.15) is 0 Å². The topological polar surface area (TPSA) is 37.3 Å². The highest BCUT2D eigenvalue weighted by atomic mass is 19.3. The summed E-state index contributed by atoms with van der Waals surface area (Å²) in [5, 5.41) is 8.59. The lowest BCUT2D eigenvalue weighted by molar-refractivity contribution is -0.139. The molecule has 0 spiro atoms. The van der Waals surface area contributed by atoms with Crippen molar-refractivity contribution in [3.8, 4) is 0 Å². The number of hydrogen-bond donors (Lipinski definition) is 1. The third-order valence-corrected chi connectivity index (χ3v) is 3.41. The van der Waals surface area contributed by atoms with Crippen molar-refractivity contribution in [3.63, 3.8) is 0 Å². The van der Waals surface area contributed by atoms with Crippen LogP contribution in [0.1, 0.15) is 69.1 Å². The molecule has 0 heterocycles. The van der Waals surface area contributed by atoms with Crippen LogP contribution in [-0.4, -0.2) is 11.1 Å². The Labute approximate surface area is 118 Å². The zero-order valence-corrected chi connectivity index (χ0v) is 12.4. The Morgan fingerprint density at radius 3 is 2.25 bits per heavy atom. The van der Waals surface area contributed by atoms with Gasteiger partial charge in [0.15, 0.2) is 0 Å². The van der Waals surface area contributed by atoms with E-state index in [0.717, 1.165) is 5.56 Å². The number of carbonyl (C=O) groups is 1. The van der Waals surface area contributed by atoms with Gasteiger partial charge in [-0.05, 0) is 23.0 Å². The van der Waals surface area contributed by atoms with E-state index in [1.54, 1.807) is 6.07 Å². The van der Waals surface area contributed by atoms with Crippen LogP contribution < -0.4 is 0 Å². The summed E-state index contributed by atoms with van der Waals surface area (Å²) in [6.45, 7) is 7.77. The fourth-order valence-corrected chi connectivity index (χ4v) is 2.15. The molecule has 1 aromatic carbocycles. The average molecular weight is 284 g/mol. The smallest absolute Gasteiger partial charge is 0.303 e. The largest absolute Gasteiger partial charge is 0.481 e. The van der Waals surface area contributed by atoms with Crippen molar-refractivity contribution >= 4 is 5.97 Å². The summed E-state index contributed by atoms with van der Waals surface area (Å²) in [5.41, 5.74) is 1.58. The monoisotopic (exact) mass is 284 g/mol. The molecule has 0 saturated heterocycles. The number of alkyl halides is 2. The lowest BCUT2D eigenvalue weighted by atomic mass is 9.88. The molecule has 0 bridgehead atoms. The summed E-state index contributed by atoms with van der Waals surface area (Å²) in [6.07, 6.45) is -1.19. The summed E-state index contributed by atoms with van der Waals surface area (Å²) in [7, 11) is 0. The highest BCUT2D eigenvalue weighted by molar-refractivity contribution is 5.66. The first-order valence-electron chi connectivity index (χ1n) is 6.89. The lowest BCUT2D eigenvalue weighted by Gasteiger charge is -2.23. The second kappa shape index (κ2) is 6.33. The van der Waals surface area contributed by atoms with Gasteiger partial charge in [0.1, 0.15) is 0 Å². The van der Waals surface area contributed by atoms with Gasteiger partial charge in [-0.1, -0.05) is 45.9 Å². The molecule has 1 aromatic rings. The van der Waals surface area contributed by atoms with Gasteiger partial charge >= 0.3 is 5.97 Å². The second-order valence-electron chi connectivity index (χ2n) is 5.75. The predicted molar refractivity (Wildman–Crippen MR) is 75.4 cm³/mol. The van der Waals surface area contributed by atoms with Gasteiger partial charge in [0.05, 0.1) is 6.42 Å². The van der Waals surface area contributed by atoms with E-state index in [2.05, 4.69) is 0 Å². The first-order chi connectivity index (χ1) is 9.15. The highest BCUT2D eigenvalue weighted by Gasteiger charge is 2.34. The van der Waals surface area contributed by atoms with Gasteiger partial charge in [0.2, 0.25) is 0 Å². The quantitative estimate of drug-likeness (QED) is 0.807. The Kier molecular flexibility index (Phi) is 5.26. The minimum absolute atomic E-state index is 0.0283. The molecule has 0 aliphatic carbocycles. The van der Waals surface area contributed by atoms with Crippen LogP contribution >= 0.6 is 0 Å². The molecule has 0 radical (unpaired) electrons. The number of carboxylic acids is 1. The van der Waals surface area contributed by atoms with Crippen LogP contribution in [0, 0.1) is 0 Å². The molecule has 0 aliphatic rings. The van der Waals surface area contributed by atoms with E-state index in [0.29, 0.717) is 5.56 Å². The number of halogens is 2. The predicted octanol–water partition coefficient (Wildman–Crippen LogP) is 4.89. The molecule has 0 aromatic heterocycles. The number of rotatable bonds is 6. The van der Waals surface area contributed by atoms with Crippen molar-refractivity contribution in [2.75, 3.05) is 0 Å². The molecule has 112 valence electrons. The van der Waals surface area contributed by atoms with Gasteiger partial charge in [-0.3, -0.25) is 4.79 Å². The number of hydrogen-bond acceptors (Lipinski definition) is 1. The van der Waals surface area contributed by atoms with Gasteiger partial charge < -0.3 is 5.11 Å². The third-order valence-electron chi connectivity index (χ3n) is 3.41. The first kappa shape index (κ1) is 16.6. The Hall–Kier alpha value is -1.45. The summed E-state index contributed by atoms with van der Waals surface area (Å²) in [4.78, 5) is 10.5. The molecule has 0 atom stereocenters. The Bertz CT molecular complexity index is 479. The van der Waals surface area contributed by atoms with Crippen LogP contribution in [0.4, 0.5) is 8.78 Å². The summed E-state index contributed by atoms with van der Waals surface area (Å²) >= 11 is 0. The van der Waals surface area contributed by atoms with E-state index in [1.807, 2.05) is 33.8 Å². The first-order valence-corrected chi connectivity index (χ1v) is 6.89. The summed E-state index contributed by atoms with van der Waals surface area (Å²) in [5.74, 6) is -4.06. The Balaban J connectivity index is 3.18. The molecular weight excluding hydrogens is 262 g/mol. The maximum absolute atomic E-state index is 14.2. The zero-order chi connectivity index (χ0) is 15.5. The molecule has 1 rings (SSSR count). The van der Waals surface area contributed by atoms with Crippen molar-refractivity contribution in [1.82, 2.24) is 0 Å². The molecule has 0 fully saturated rings. The minimum atomic E-state index is -3.10. The minimum Gasteiger partial charge on any atom is -0.481 e. The molecule has 2 nitrogen and oxygen atoms in total. The molecule has 1 N–H and O–H groups in total. The van der Waals surface area contributed by atoms with Crippen molar-refractivity contribution in [1.29, 1.82) is 0 Å². The van der Waals surface area contributed by atoms with Crippen molar-refractivity contribution < 1.29 is 18.7 Å². The molecular formula is C16H22F2O2. The van der Waals surface area contributed by atoms with Crippen LogP contribution in [0.5, 0.6) is 0 Å². The van der Waals surface area contributed by atoms with Crippen LogP contribution in [-0.2, 0) is 10.7 Å². The Morgan fingerprint density at radius 2 is 1.80 bits per heavy atom. The molecule has 20 heavy (non-hydrogen) atoms. The fraction of sp³-hybridized carbons (Fsp3) is 0.562. The van der Waals surface area contributed by atoms with Gasteiger partial charge in [0, 0.05) is 12.0 Å². The molecule has 0 amide bonds. The number of aliphatic carboxylic acids is 1. The highest BCUT2D eigenvalue weighted by Crippen LogP contribution is 2.38. The number of carboxylic acid groups (broad SMARTS) is 1. The van der Waals surface area contributed by atoms with Crippen LogP contribution in [0.25, 0.3) is 0 Å². The van der Waals surface area contributed by atoms with Crippen molar-refractivity contribution in [2.45, 2.75) is 58.3 Å². The normalized spacial score (nSPS) is 12.2. The third kappa shape index (κ3) is 4.02. The molecule has 0 unspecified atom stereocenters. The van der Waals surface area contributed by atoms with E-state index in [9.17, 15) is 13.6 Å². The second-order valence-corrected chi connectivity index (χ2v) is 5.75. The molecule has 0 aliphatic heterocycles. The van der Waals surface area contributed by atoms with Crippen LogP contribution in [0.15, 0.2) is 18.2 Å². The maximum atomic E-state index is 14.2. The summed E-state index contributed by atoms with van der Waals surface area (Å²) < 4.78 is 28.4. The van der Waals surface area contributed by atoms with Crippen molar-refractivity contribution in [3.05, 3.63) is 34.9 Å². The fourth-order valence-electron chi connectivity index (χ4n) is 2.15. The van der Waals surface area contributed by atoms with Gasteiger partial charge in [0.25, 0.3) is 5.92 Å².